The molecule has 196 valence electrons. The third-order valence-corrected chi connectivity index (χ3v) is 7.15. The number of ether oxygens (including phenoxy) is 1. The number of fused-ring (bicyclic) bond motifs is 1. The van der Waals surface area contributed by atoms with Gasteiger partial charge in [0.15, 0.2) is 0 Å². The topological polar surface area (TPSA) is 109 Å². The third-order valence-electron chi connectivity index (χ3n) is 7.15. The Kier molecular flexibility index (Phi) is 7.08. The van der Waals surface area contributed by atoms with Gasteiger partial charge in [0, 0.05) is 35.8 Å². The van der Waals surface area contributed by atoms with Gasteiger partial charge in [-0.3, -0.25) is 9.59 Å². The summed E-state index contributed by atoms with van der Waals surface area (Å²) in [6.07, 6.45) is 4.04. The molecule has 2 aromatic heterocycles. The van der Waals surface area contributed by atoms with Crippen LogP contribution in [0.4, 0.5) is 8.78 Å². The summed E-state index contributed by atoms with van der Waals surface area (Å²) in [5, 5.41) is 6.05. The van der Waals surface area contributed by atoms with Crippen LogP contribution in [0.3, 0.4) is 0 Å². The Bertz CT molecular complexity index is 1310. The van der Waals surface area contributed by atoms with Crippen molar-refractivity contribution in [2.45, 2.75) is 70.9 Å². The van der Waals surface area contributed by atoms with Crippen LogP contribution in [0.2, 0.25) is 0 Å². The molecule has 0 atom stereocenters. The second-order valence-electron chi connectivity index (χ2n) is 10.1. The number of hydrogen-bond acceptors (Lipinski definition) is 5. The molecule has 1 aromatic carbocycles. The number of nitrogens with one attached hydrogen (secondary N) is 3. The van der Waals surface area contributed by atoms with Gasteiger partial charge in [-0.2, -0.15) is 0 Å². The Morgan fingerprint density at radius 1 is 1.08 bits per heavy atom. The fraction of sp³-hybridized carbons (Fsp3) is 0.481. The predicted molar refractivity (Wildman–Crippen MR) is 135 cm³/mol. The van der Waals surface area contributed by atoms with Gasteiger partial charge in [-0.1, -0.05) is 0 Å². The maximum absolute atomic E-state index is 13.6. The number of alkyl halides is 2. The molecule has 2 aliphatic rings. The standard InChI is InChI=1S/C27H31F2N5O3/c1-14-22(27(36)34-19-8-6-18(7-9-19)33-15(2)35)24-25(32-14)23(30-13-31-24)20-11-17(26(28)29)5-10-21(20)37-12-16-3-4-16/h5,10-11,13,16,18-19,26,32H,3-4,6-9,12H2,1-2H3,(H,33,35)(H,34,36)/t18-,19+. The molecule has 0 radical (unpaired) electrons. The zero-order chi connectivity index (χ0) is 26.1. The van der Waals surface area contributed by atoms with Gasteiger partial charge in [0.2, 0.25) is 5.91 Å². The van der Waals surface area contributed by atoms with Crippen LogP contribution in [0.1, 0.15) is 73.5 Å². The zero-order valence-electron chi connectivity index (χ0n) is 20.9. The van der Waals surface area contributed by atoms with E-state index in [1.165, 1.54) is 25.4 Å². The Balaban J connectivity index is 1.43. The van der Waals surface area contributed by atoms with E-state index in [1.54, 1.807) is 13.0 Å². The highest BCUT2D eigenvalue weighted by molar-refractivity contribution is 6.09. The van der Waals surface area contributed by atoms with E-state index in [1.807, 2.05) is 0 Å². The Hall–Kier alpha value is -3.56. The summed E-state index contributed by atoms with van der Waals surface area (Å²) in [7, 11) is 0. The lowest BCUT2D eigenvalue weighted by Gasteiger charge is -2.29. The molecule has 0 spiro atoms. The first kappa shape index (κ1) is 25.1. The van der Waals surface area contributed by atoms with E-state index in [4.69, 9.17) is 4.74 Å². The monoisotopic (exact) mass is 511 g/mol. The molecule has 0 aliphatic heterocycles. The van der Waals surface area contributed by atoms with E-state index in [2.05, 4.69) is 25.6 Å². The van der Waals surface area contributed by atoms with Gasteiger partial charge in [0.05, 0.1) is 17.7 Å². The summed E-state index contributed by atoms with van der Waals surface area (Å²) < 4.78 is 33.1. The Morgan fingerprint density at radius 2 is 1.78 bits per heavy atom. The van der Waals surface area contributed by atoms with Crippen LogP contribution in [0, 0.1) is 12.8 Å². The summed E-state index contributed by atoms with van der Waals surface area (Å²) in [5.74, 6) is 0.676. The summed E-state index contributed by atoms with van der Waals surface area (Å²) in [6.45, 7) is 3.82. The zero-order valence-corrected chi connectivity index (χ0v) is 20.9. The molecule has 0 saturated heterocycles. The van der Waals surface area contributed by atoms with Crippen LogP contribution in [0.25, 0.3) is 22.3 Å². The van der Waals surface area contributed by atoms with Gasteiger partial charge in [-0.15, -0.1) is 0 Å². The van der Waals surface area contributed by atoms with Crippen LogP contribution in [-0.2, 0) is 4.79 Å². The lowest BCUT2D eigenvalue weighted by molar-refractivity contribution is -0.119. The summed E-state index contributed by atoms with van der Waals surface area (Å²) in [5.41, 5.74) is 2.69. The molecule has 0 bridgehead atoms. The largest absolute Gasteiger partial charge is 0.493 e. The van der Waals surface area contributed by atoms with Crippen LogP contribution in [0.15, 0.2) is 24.5 Å². The molecule has 2 aliphatic carbocycles. The van der Waals surface area contributed by atoms with Crippen molar-refractivity contribution in [3.63, 3.8) is 0 Å². The molecule has 8 nitrogen and oxygen atoms in total. The molecule has 0 unspecified atom stereocenters. The van der Waals surface area contributed by atoms with Crippen LogP contribution >= 0.6 is 0 Å². The first-order chi connectivity index (χ1) is 17.8. The fourth-order valence-corrected chi connectivity index (χ4v) is 5.02. The van der Waals surface area contributed by atoms with Crippen molar-refractivity contribution in [1.29, 1.82) is 0 Å². The number of rotatable bonds is 8. The van der Waals surface area contributed by atoms with Gasteiger partial charge in [0.25, 0.3) is 12.3 Å². The van der Waals surface area contributed by atoms with Crippen molar-refractivity contribution in [2.24, 2.45) is 5.92 Å². The van der Waals surface area contributed by atoms with E-state index in [0.29, 0.717) is 51.8 Å². The van der Waals surface area contributed by atoms with Crippen molar-refractivity contribution in [2.75, 3.05) is 6.61 Å². The number of amides is 2. The molecule has 2 amide bonds. The van der Waals surface area contributed by atoms with Crippen LogP contribution in [-0.4, -0.2) is 45.5 Å². The predicted octanol–water partition coefficient (Wildman–Crippen LogP) is 4.84. The second-order valence-corrected chi connectivity index (χ2v) is 10.1. The number of aromatic amines is 1. The van der Waals surface area contributed by atoms with Crippen molar-refractivity contribution in [1.82, 2.24) is 25.6 Å². The van der Waals surface area contributed by atoms with Gasteiger partial charge >= 0.3 is 0 Å². The number of carbonyl (C=O) groups is 2. The number of halogens is 2. The molecule has 10 heteroatoms. The summed E-state index contributed by atoms with van der Waals surface area (Å²) in [6, 6.07) is 4.46. The molecule has 2 fully saturated rings. The minimum Gasteiger partial charge on any atom is -0.493 e. The Morgan fingerprint density at radius 3 is 2.43 bits per heavy atom. The van der Waals surface area contributed by atoms with Crippen LogP contribution < -0.4 is 15.4 Å². The average Bonchev–Trinajstić information content (AvgIpc) is 3.63. The molecule has 3 N–H and O–H groups in total. The van der Waals surface area contributed by atoms with Gasteiger partial charge < -0.3 is 20.4 Å². The SMILES string of the molecule is CC(=O)N[C@H]1CC[C@@H](NC(=O)c2c(C)[nH]c3c(-c4cc(C(F)F)ccc4OCC4CC4)ncnc23)CC1. The number of nitrogens with zero attached hydrogens (tertiary/aromatic N) is 2. The number of hydrogen-bond donors (Lipinski definition) is 3. The van der Waals surface area contributed by atoms with Crippen molar-refractivity contribution in [3.8, 4) is 17.0 Å². The molecular weight excluding hydrogens is 480 g/mol. The minimum atomic E-state index is -2.64. The first-order valence-electron chi connectivity index (χ1n) is 12.8. The van der Waals surface area contributed by atoms with Gasteiger partial charge in [-0.05, 0) is 69.6 Å². The number of H-pyrrole nitrogens is 1. The molecular formula is C27H31F2N5O3. The number of aryl methyl sites for hydroxylation is 1. The third kappa shape index (κ3) is 5.57. The average molecular weight is 512 g/mol. The lowest BCUT2D eigenvalue weighted by Crippen LogP contribution is -2.43. The summed E-state index contributed by atoms with van der Waals surface area (Å²) in [4.78, 5) is 36.7. The van der Waals surface area contributed by atoms with E-state index >= 15 is 0 Å². The summed E-state index contributed by atoms with van der Waals surface area (Å²) >= 11 is 0. The normalized spacial score (nSPS) is 19.7. The van der Waals surface area contributed by atoms with Crippen LogP contribution in [0.5, 0.6) is 5.75 Å². The quantitative estimate of drug-likeness (QED) is 0.401. The maximum Gasteiger partial charge on any atom is 0.263 e. The highest BCUT2D eigenvalue weighted by Crippen LogP contribution is 2.38. The molecule has 5 rings (SSSR count). The van der Waals surface area contributed by atoms with Gasteiger partial charge in [-0.25, -0.2) is 18.7 Å². The lowest BCUT2D eigenvalue weighted by atomic mass is 9.91. The molecule has 2 saturated carbocycles. The van der Waals surface area contributed by atoms with Crippen molar-refractivity contribution < 1.29 is 23.1 Å². The molecule has 37 heavy (non-hydrogen) atoms. The maximum atomic E-state index is 13.6. The second kappa shape index (κ2) is 10.4. The number of aromatic nitrogens is 3. The van der Waals surface area contributed by atoms with Crippen molar-refractivity contribution in [3.05, 3.63) is 41.3 Å². The van der Waals surface area contributed by atoms with E-state index in [0.717, 1.165) is 38.5 Å². The van der Waals surface area contributed by atoms with E-state index in [9.17, 15) is 18.4 Å². The fourth-order valence-electron chi connectivity index (χ4n) is 5.02. The molecule has 2 heterocycles. The number of carbonyl (C=O) groups excluding carboxylic acids is 2. The van der Waals surface area contributed by atoms with E-state index < -0.39 is 6.43 Å². The number of benzene rings is 1. The van der Waals surface area contributed by atoms with E-state index in [-0.39, 0.29) is 29.5 Å². The van der Waals surface area contributed by atoms with Gasteiger partial charge in [0.1, 0.15) is 23.3 Å². The Labute approximate surface area is 213 Å². The highest BCUT2D eigenvalue weighted by Gasteiger charge is 2.27. The van der Waals surface area contributed by atoms with Crippen molar-refractivity contribution >= 4 is 22.8 Å². The highest BCUT2D eigenvalue weighted by atomic mass is 19.3. The first-order valence-corrected chi connectivity index (χ1v) is 12.8. The minimum absolute atomic E-state index is 0.00619. The smallest absolute Gasteiger partial charge is 0.263 e. The molecule has 3 aromatic rings.